The third kappa shape index (κ3) is 6.53. The van der Waals surface area contributed by atoms with Crippen LogP contribution in [-0.2, 0) is 17.5 Å². The van der Waals surface area contributed by atoms with Crippen molar-refractivity contribution in [1.82, 2.24) is 10.3 Å². The lowest BCUT2D eigenvalue weighted by Gasteiger charge is -2.12. The van der Waals surface area contributed by atoms with Gasteiger partial charge in [-0.3, -0.25) is 9.59 Å². The Labute approximate surface area is 211 Å². The van der Waals surface area contributed by atoms with E-state index in [9.17, 15) is 22.8 Å². The lowest BCUT2D eigenvalue weighted by atomic mass is 10.1. The van der Waals surface area contributed by atoms with Crippen molar-refractivity contribution in [2.24, 2.45) is 0 Å². The molecule has 0 aliphatic carbocycles. The molecule has 0 atom stereocenters. The quantitative estimate of drug-likeness (QED) is 0.261. The van der Waals surface area contributed by atoms with Gasteiger partial charge in [0.15, 0.2) is 4.34 Å². The number of carbonyl (C=O) groups excluding carboxylic acids is 2. The van der Waals surface area contributed by atoms with Crippen LogP contribution in [0.3, 0.4) is 0 Å². The molecule has 0 bridgehead atoms. The number of hydrogen-bond donors (Lipinski definition) is 2. The number of amides is 2. The van der Waals surface area contributed by atoms with Crippen molar-refractivity contribution in [3.8, 4) is 0 Å². The molecule has 4 rings (SSSR count). The molecule has 0 saturated carbocycles. The van der Waals surface area contributed by atoms with E-state index in [1.807, 2.05) is 12.1 Å². The van der Waals surface area contributed by atoms with E-state index >= 15 is 0 Å². The number of alkyl halides is 3. The maximum atomic E-state index is 13.2. The van der Waals surface area contributed by atoms with Gasteiger partial charge < -0.3 is 10.6 Å². The van der Waals surface area contributed by atoms with Crippen LogP contribution in [0.1, 0.15) is 21.5 Å². The number of hydrogen-bond acceptors (Lipinski definition) is 5. The number of fused-ring (bicyclic) bond motifs is 1. The van der Waals surface area contributed by atoms with Gasteiger partial charge in [0.05, 0.1) is 27.1 Å². The van der Waals surface area contributed by atoms with Crippen LogP contribution in [0, 0.1) is 0 Å². The zero-order valence-corrected chi connectivity index (χ0v) is 20.2. The highest BCUT2D eigenvalue weighted by Crippen LogP contribution is 2.33. The molecule has 3 aromatic carbocycles. The molecule has 1 aromatic heterocycles. The van der Waals surface area contributed by atoms with Crippen LogP contribution in [0.5, 0.6) is 0 Å². The summed E-state index contributed by atoms with van der Waals surface area (Å²) in [5.74, 6) is -0.833. The minimum atomic E-state index is -4.64. The molecule has 1 heterocycles. The SMILES string of the molecule is O=C(CSc1nc2ccc(NC(=O)c3ccccc3C(F)(F)F)cc2s1)NCc1ccc(Cl)cc1. The molecule has 0 saturated heterocycles. The van der Waals surface area contributed by atoms with Crippen molar-refractivity contribution < 1.29 is 22.8 Å². The maximum Gasteiger partial charge on any atom is 0.417 e. The Morgan fingerprint density at radius 1 is 1.03 bits per heavy atom. The molecule has 2 N–H and O–H groups in total. The molecule has 4 aromatic rings. The van der Waals surface area contributed by atoms with Crippen LogP contribution in [0.4, 0.5) is 18.9 Å². The number of rotatable bonds is 7. The fourth-order valence-corrected chi connectivity index (χ4v) is 5.21. The molecule has 0 fully saturated rings. The lowest BCUT2D eigenvalue weighted by Crippen LogP contribution is -2.24. The van der Waals surface area contributed by atoms with Crippen molar-refractivity contribution >= 4 is 62.4 Å². The first-order chi connectivity index (χ1) is 16.7. The van der Waals surface area contributed by atoms with Crippen molar-refractivity contribution in [3.63, 3.8) is 0 Å². The van der Waals surface area contributed by atoms with E-state index in [1.165, 1.54) is 35.2 Å². The maximum absolute atomic E-state index is 13.2. The third-order valence-electron chi connectivity index (χ3n) is 4.83. The van der Waals surface area contributed by atoms with E-state index in [2.05, 4.69) is 15.6 Å². The van der Waals surface area contributed by atoms with Gasteiger partial charge in [-0.15, -0.1) is 11.3 Å². The summed E-state index contributed by atoms with van der Waals surface area (Å²) in [5, 5.41) is 5.97. The van der Waals surface area contributed by atoms with E-state index in [1.54, 1.807) is 30.3 Å². The second-order valence-electron chi connectivity index (χ2n) is 7.35. The molecule has 0 aliphatic rings. The molecule has 0 aliphatic heterocycles. The fourth-order valence-electron chi connectivity index (χ4n) is 3.15. The van der Waals surface area contributed by atoms with Crippen LogP contribution >= 0.6 is 34.7 Å². The third-order valence-corrected chi connectivity index (χ3v) is 7.25. The van der Waals surface area contributed by atoms with Crippen molar-refractivity contribution in [1.29, 1.82) is 0 Å². The monoisotopic (exact) mass is 535 g/mol. The highest BCUT2D eigenvalue weighted by Gasteiger charge is 2.34. The van der Waals surface area contributed by atoms with Crippen molar-refractivity contribution in [3.05, 3.63) is 88.4 Å². The van der Waals surface area contributed by atoms with Crippen LogP contribution in [0.25, 0.3) is 10.2 Å². The largest absolute Gasteiger partial charge is 0.417 e. The van der Waals surface area contributed by atoms with Crippen molar-refractivity contribution in [2.75, 3.05) is 11.1 Å². The number of nitrogens with zero attached hydrogens (tertiary/aromatic N) is 1. The summed E-state index contributed by atoms with van der Waals surface area (Å²) in [5.41, 5.74) is 0.489. The summed E-state index contributed by atoms with van der Waals surface area (Å²) >= 11 is 8.45. The van der Waals surface area contributed by atoms with E-state index in [4.69, 9.17) is 11.6 Å². The van der Waals surface area contributed by atoms with Gasteiger partial charge in [0.2, 0.25) is 5.91 Å². The van der Waals surface area contributed by atoms with Crippen LogP contribution in [0.2, 0.25) is 5.02 Å². The molecule has 0 unspecified atom stereocenters. The number of aromatic nitrogens is 1. The van der Waals surface area contributed by atoms with Gasteiger partial charge in [0.25, 0.3) is 5.91 Å². The molecule has 0 spiro atoms. The Kier molecular flexibility index (Phi) is 7.63. The average Bonchev–Trinajstić information content (AvgIpc) is 3.24. The van der Waals surface area contributed by atoms with Gasteiger partial charge in [0.1, 0.15) is 0 Å². The number of thioether (sulfide) groups is 1. The second-order valence-corrected chi connectivity index (χ2v) is 10.0. The molecule has 5 nitrogen and oxygen atoms in total. The number of benzene rings is 3. The Morgan fingerprint density at radius 2 is 1.77 bits per heavy atom. The van der Waals surface area contributed by atoms with E-state index in [-0.39, 0.29) is 11.7 Å². The molecule has 35 heavy (non-hydrogen) atoms. The second kappa shape index (κ2) is 10.7. The number of halogens is 4. The number of anilines is 1. The summed E-state index contributed by atoms with van der Waals surface area (Å²) in [6, 6.07) is 16.7. The minimum absolute atomic E-state index is 0.152. The number of thiazole rings is 1. The van der Waals surface area contributed by atoms with Gasteiger partial charge in [0, 0.05) is 17.3 Å². The molecule has 0 radical (unpaired) electrons. The number of carbonyl (C=O) groups is 2. The fraction of sp³-hybridized carbons (Fsp3) is 0.125. The minimum Gasteiger partial charge on any atom is -0.351 e. The van der Waals surface area contributed by atoms with E-state index in [0.717, 1.165) is 22.4 Å². The Balaban J connectivity index is 1.37. The lowest BCUT2D eigenvalue weighted by molar-refractivity contribution is -0.137. The summed E-state index contributed by atoms with van der Waals surface area (Å²) in [7, 11) is 0. The standard InChI is InChI=1S/C24H17ClF3N3O2S2/c25-15-7-5-14(6-8-15)12-29-21(32)13-34-23-31-19-10-9-16(11-20(19)35-23)30-22(33)17-3-1-2-4-18(17)24(26,27)28/h1-11H,12-13H2,(H,29,32)(H,30,33). The molecule has 180 valence electrons. The van der Waals surface area contributed by atoms with Gasteiger partial charge >= 0.3 is 6.18 Å². The van der Waals surface area contributed by atoms with Crippen LogP contribution in [0.15, 0.2) is 71.1 Å². The summed E-state index contributed by atoms with van der Waals surface area (Å²) in [6.07, 6.45) is -4.64. The highest BCUT2D eigenvalue weighted by molar-refractivity contribution is 8.01. The Morgan fingerprint density at radius 3 is 2.51 bits per heavy atom. The first kappa shape index (κ1) is 25.0. The van der Waals surface area contributed by atoms with Gasteiger partial charge in [-0.2, -0.15) is 13.2 Å². The Bertz CT molecular complexity index is 1370. The molecule has 11 heteroatoms. The van der Waals surface area contributed by atoms with E-state index in [0.29, 0.717) is 27.1 Å². The van der Waals surface area contributed by atoms with Gasteiger partial charge in [-0.05, 0) is 48.0 Å². The average molecular weight is 536 g/mol. The summed E-state index contributed by atoms with van der Waals surface area (Å²) in [6.45, 7) is 0.386. The molecular formula is C24H17ClF3N3O2S2. The summed E-state index contributed by atoms with van der Waals surface area (Å²) < 4.78 is 41.0. The predicted octanol–water partition coefficient (Wildman–Crippen LogP) is 6.63. The van der Waals surface area contributed by atoms with Crippen molar-refractivity contribution in [2.45, 2.75) is 17.1 Å². The van der Waals surface area contributed by atoms with Gasteiger partial charge in [-0.25, -0.2) is 4.98 Å². The smallest absolute Gasteiger partial charge is 0.351 e. The topological polar surface area (TPSA) is 71.1 Å². The zero-order chi connectivity index (χ0) is 25.0. The predicted molar refractivity (Wildman–Crippen MR) is 133 cm³/mol. The Hall–Kier alpha value is -3.08. The summed E-state index contributed by atoms with van der Waals surface area (Å²) in [4.78, 5) is 29.1. The number of nitrogens with one attached hydrogen (secondary N) is 2. The normalized spacial score (nSPS) is 11.4. The van der Waals surface area contributed by atoms with Gasteiger partial charge in [-0.1, -0.05) is 47.6 Å². The zero-order valence-electron chi connectivity index (χ0n) is 17.9. The first-order valence-electron chi connectivity index (χ1n) is 10.2. The van der Waals surface area contributed by atoms with Crippen LogP contribution in [-0.4, -0.2) is 22.6 Å². The van der Waals surface area contributed by atoms with Crippen LogP contribution < -0.4 is 10.6 Å². The van der Waals surface area contributed by atoms with E-state index < -0.39 is 23.2 Å². The molecule has 2 amide bonds. The molecular weight excluding hydrogens is 519 g/mol. The first-order valence-corrected chi connectivity index (χ1v) is 12.4. The highest BCUT2D eigenvalue weighted by atomic mass is 35.5.